The summed E-state index contributed by atoms with van der Waals surface area (Å²) in [6.07, 6.45) is 2.33. The molecule has 0 saturated carbocycles. The van der Waals surface area contributed by atoms with Gasteiger partial charge in [0, 0.05) is 19.8 Å². The van der Waals surface area contributed by atoms with Gasteiger partial charge in [-0.25, -0.2) is 0 Å². The van der Waals surface area contributed by atoms with Gasteiger partial charge in [-0.3, -0.25) is 4.79 Å². The van der Waals surface area contributed by atoms with E-state index >= 15 is 0 Å². The highest BCUT2D eigenvalue weighted by Gasteiger charge is 2.26. The van der Waals surface area contributed by atoms with E-state index in [2.05, 4.69) is 5.32 Å². The fourth-order valence-electron chi connectivity index (χ4n) is 3.05. The quantitative estimate of drug-likeness (QED) is 0.802. The number of benzene rings is 1. The Hall–Kier alpha value is -1.21. The van der Waals surface area contributed by atoms with Crippen LogP contribution in [0.1, 0.15) is 18.4 Å². The van der Waals surface area contributed by atoms with E-state index < -0.39 is 6.04 Å². The normalized spacial score (nSPS) is 18.2. The third-order valence-electron chi connectivity index (χ3n) is 4.45. The van der Waals surface area contributed by atoms with Gasteiger partial charge in [0.1, 0.15) is 13.2 Å². The summed E-state index contributed by atoms with van der Waals surface area (Å²) in [5, 5.41) is 3.44. The van der Waals surface area contributed by atoms with Gasteiger partial charge in [-0.1, -0.05) is 11.6 Å². The first-order chi connectivity index (χ1) is 11.6. The first-order valence-corrected chi connectivity index (χ1v) is 8.72. The Morgan fingerprint density at radius 1 is 1.24 bits per heavy atom. The van der Waals surface area contributed by atoms with Gasteiger partial charge in [0.2, 0.25) is 5.91 Å². The molecule has 140 valence electrons. The largest absolute Gasteiger partial charge is 0.486 e. The molecule has 1 atom stereocenters. The predicted molar refractivity (Wildman–Crippen MR) is 97.9 cm³/mol. The molecule has 1 aromatic carbocycles. The molecule has 6 nitrogen and oxygen atoms in total. The van der Waals surface area contributed by atoms with E-state index in [1.807, 2.05) is 12.1 Å². The Kier molecular flexibility index (Phi) is 7.62. The molecule has 0 aromatic heterocycles. The Bertz CT molecular complexity index is 594. The average Bonchev–Trinajstić information content (AvgIpc) is 2.62. The van der Waals surface area contributed by atoms with E-state index in [9.17, 15) is 4.79 Å². The summed E-state index contributed by atoms with van der Waals surface area (Å²) in [4.78, 5) is 12.2. The van der Waals surface area contributed by atoms with Crippen molar-refractivity contribution in [3.05, 3.63) is 22.7 Å². The number of fused-ring (bicyclic) bond motifs is 1. The molecule has 0 spiro atoms. The molecule has 8 heteroatoms. The number of nitrogens with two attached hydrogens (primary N) is 1. The number of carbonyl (C=O) groups is 1. The van der Waals surface area contributed by atoms with Crippen molar-refractivity contribution in [1.82, 2.24) is 5.32 Å². The van der Waals surface area contributed by atoms with Gasteiger partial charge in [0.05, 0.1) is 11.1 Å². The summed E-state index contributed by atoms with van der Waals surface area (Å²) in [5.74, 6) is 1.35. The van der Waals surface area contributed by atoms with Crippen LogP contribution >= 0.6 is 24.0 Å². The van der Waals surface area contributed by atoms with Gasteiger partial charge < -0.3 is 25.3 Å². The molecule has 0 bridgehead atoms. The predicted octanol–water partition coefficient (Wildman–Crippen LogP) is 1.95. The fraction of sp³-hybridized carbons (Fsp3) is 0.588. The van der Waals surface area contributed by atoms with E-state index in [0.29, 0.717) is 55.9 Å². The Balaban J connectivity index is 0.00000225. The van der Waals surface area contributed by atoms with Crippen LogP contribution in [-0.4, -0.2) is 44.9 Å². The smallest absolute Gasteiger partial charge is 0.237 e. The first-order valence-electron chi connectivity index (χ1n) is 8.34. The summed E-state index contributed by atoms with van der Waals surface area (Å²) in [6, 6.07) is 3.28. The number of hydrogen-bond donors (Lipinski definition) is 2. The van der Waals surface area contributed by atoms with Crippen LogP contribution in [0.3, 0.4) is 0 Å². The topological polar surface area (TPSA) is 82.8 Å². The third kappa shape index (κ3) is 5.14. The molecule has 1 fully saturated rings. The molecule has 2 aliphatic heterocycles. The molecule has 25 heavy (non-hydrogen) atoms. The van der Waals surface area contributed by atoms with Crippen molar-refractivity contribution in [2.75, 3.05) is 33.0 Å². The van der Waals surface area contributed by atoms with Gasteiger partial charge >= 0.3 is 0 Å². The lowest BCUT2D eigenvalue weighted by Gasteiger charge is -2.26. The zero-order chi connectivity index (χ0) is 16.9. The molecule has 3 N–H and O–H groups in total. The number of amides is 1. The van der Waals surface area contributed by atoms with Crippen molar-refractivity contribution < 1.29 is 19.0 Å². The molecular weight excluding hydrogens is 367 g/mol. The highest BCUT2D eigenvalue weighted by molar-refractivity contribution is 6.32. The van der Waals surface area contributed by atoms with Crippen molar-refractivity contribution in [3.8, 4) is 11.5 Å². The Morgan fingerprint density at radius 2 is 1.96 bits per heavy atom. The molecular formula is C17H24Cl2N2O4. The zero-order valence-electron chi connectivity index (χ0n) is 14.0. The van der Waals surface area contributed by atoms with Crippen LogP contribution in [0, 0.1) is 5.92 Å². The van der Waals surface area contributed by atoms with E-state index in [-0.39, 0.29) is 24.2 Å². The van der Waals surface area contributed by atoms with Crippen LogP contribution in [0.2, 0.25) is 5.02 Å². The molecule has 1 aromatic rings. The minimum Gasteiger partial charge on any atom is -0.486 e. The number of halogens is 2. The van der Waals surface area contributed by atoms with Crippen LogP contribution in [0.25, 0.3) is 0 Å². The Labute approximate surface area is 158 Å². The zero-order valence-corrected chi connectivity index (χ0v) is 15.5. The number of hydrogen-bond acceptors (Lipinski definition) is 5. The summed E-state index contributed by atoms with van der Waals surface area (Å²) < 4.78 is 16.4. The molecule has 0 aliphatic carbocycles. The standard InChI is InChI=1S/C17H23ClN2O4.ClH/c18-13-9-11(10-14-16(13)24-8-7-23-14)1-4-20-17(21)15(19)12-2-5-22-6-3-12;/h9-10,12,15H,1-8,19H2,(H,20,21);1H. The number of rotatable bonds is 5. The van der Waals surface area contributed by atoms with Crippen LogP contribution in [0.4, 0.5) is 0 Å². The second-order valence-electron chi connectivity index (χ2n) is 6.12. The SMILES string of the molecule is Cl.NC(C(=O)NCCc1cc(Cl)c2c(c1)OCCO2)C1CCOCC1. The van der Waals surface area contributed by atoms with E-state index in [4.69, 9.17) is 31.5 Å². The van der Waals surface area contributed by atoms with Gasteiger partial charge in [0.25, 0.3) is 0 Å². The molecule has 3 rings (SSSR count). The molecule has 0 radical (unpaired) electrons. The average molecular weight is 391 g/mol. The first kappa shape index (κ1) is 20.1. The minimum atomic E-state index is -0.474. The number of carbonyl (C=O) groups excluding carboxylic acids is 1. The lowest BCUT2D eigenvalue weighted by atomic mass is 9.92. The monoisotopic (exact) mass is 390 g/mol. The lowest BCUT2D eigenvalue weighted by molar-refractivity contribution is -0.124. The molecule has 2 aliphatic rings. The summed E-state index contributed by atoms with van der Waals surface area (Å²) in [7, 11) is 0. The Morgan fingerprint density at radius 3 is 2.72 bits per heavy atom. The maximum Gasteiger partial charge on any atom is 0.237 e. The summed E-state index contributed by atoms with van der Waals surface area (Å²) in [5.41, 5.74) is 7.05. The highest BCUT2D eigenvalue weighted by Crippen LogP contribution is 2.38. The minimum absolute atomic E-state index is 0. The van der Waals surface area contributed by atoms with Gasteiger partial charge in [0.15, 0.2) is 11.5 Å². The van der Waals surface area contributed by atoms with Crippen LogP contribution in [-0.2, 0) is 16.0 Å². The fourth-order valence-corrected chi connectivity index (χ4v) is 3.33. The van der Waals surface area contributed by atoms with E-state index in [0.717, 1.165) is 18.4 Å². The maximum atomic E-state index is 12.2. The highest BCUT2D eigenvalue weighted by atomic mass is 35.5. The summed E-state index contributed by atoms with van der Waals surface area (Å²) in [6.45, 7) is 2.89. The van der Waals surface area contributed by atoms with Crippen molar-refractivity contribution >= 4 is 29.9 Å². The van der Waals surface area contributed by atoms with Gasteiger partial charge in [-0.2, -0.15) is 0 Å². The maximum absolute atomic E-state index is 12.2. The summed E-state index contributed by atoms with van der Waals surface area (Å²) >= 11 is 6.22. The molecule has 2 heterocycles. The lowest BCUT2D eigenvalue weighted by Crippen LogP contribution is -2.47. The van der Waals surface area contributed by atoms with E-state index in [1.54, 1.807) is 0 Å². The van der Waals surface area contributed by atoms with Crippen LogP contribution in [0.15, 0.2) is 12.1 Å². The van der Waals surface area contributed by atoms with E-state index in [1.165, 1.54) is 0 Å². The number of ether oxygens (including phenoxy) is 3. The van der Waals surface area contributed by atoms with Crippen molar-refractivity contribution in [1.29, 1.82) is 0 Å². The van der Waals surface area contributed by atoms with Gasteiger partial charge in [-0.05, 0) is 42.9 Å². The van der Waals surface area contributed by atoms with Crippen LogP contribution in [0.5, 0.6) is 11.5 Å². The third-order valence-corrected chi connectivity index (χ3v) is 4.73. The second kappa shape index (κ2) is 9.48. The van der Waals surface area contributed by atoms with Gasteiger partial charge in [-0.15, -0.1) is 12.4 Å². The molecule has 1 unspecified atom stereocenters. The molecule has 1 amide bonds. The van der Waals surface area contributed by atoms with Crippen molar-refractivity contribution in [2.24, 2.45) is 11.7 Å². The second-order valence-corrected chi connectivity index (χ2v) is 6.53. The van der Waals surface area contributed by atoms with Crippen LogP contribution < -0.4 is 20.5 Å². The number of nitrogens with one attached hydrogen (secondary N) is 1. The molecule has 1 saturated heterocycles. The van der Waals surface area contributed by atoms with Crippen molar-refractivity contribution in [2.45, 2.75) is 25.3 Å². The van der Waals surface area contributed by atoms with Crippen molar-refractivity contribution in [3.63, 3.8) is 0 Å².